The third kappa shape index (κ3) is 25.1. The molecule has 0 aliphatic carbocycles. The molecule has 8 rings (SSSR count). The highest BCUT2D eigenvalue weighted by Crippen LogP contribution is 2.28. The van der Waals surface area contributed by atoms with Gasteiger partial charge in [0, 0.05) is 79.9 Å². The summed E-state index contributed by atoms with van der Waals surface area (Å²) in [7, 11) is 0. The van der Waals surface area contributed by atoms with Crippen LogP contribution in [0.4, 0.5) is 0 Å². The number of aromatic amines is 1. The fourth-order valence-electron chi connectivity index (χ4n) is 10.1. The largest absolute Gasteiger partial charge is 0.282 e. The van der Waals surface area contributed by atoms with Crippen molar-refractivity contribution in [1.82, 2.24) is 65.0 Å². The van der Waals surface area contributed by atoms with E-state index in [9.17, 15) is 0 Å². The van der Waals surface area contributed by atoms with Crippen molar-refractivity contribution in [1.29, 1.82) is 0 Å². The Hall–Kier alpha value is -6.76. The Labute approximate surface area is 529 Å². The molecule has 0 fully saturated rings. The zero-order valence-corrected chi connectivity index (χ0v) is 61.2. The fraction of sp³-hybridized carbons (Fsp3) is 0.568. The Morgan fingerprint density at radius 2 is 0.621 bits per heavy atom. The van der Waals surface area contributed by atoms with Gasteiger partial charge in [0.05, 0.1) is 5.52 Å². The smallest absolute Gasteiger partial charge is 0.135 e. The van der Waals surface area contributed by atoms with Crippen LogP contribution in [0, 0.1) is 144 Å². The van der Waals surface area contributed by atoms with Crippen LogP contribution in [0.5, 0.6) is 0 Å². The first-order valence-electron chi connectivity index (χ1n) is 31.6. The van der Waals surface area contributed by atoms with Crippen molar-refractivity contribution in [3.05, 3.63) is 172 Å². The molecule has 8 aromatic rings. The number of fused-ring (bicyclic) bond motifs is 1. The molecule has 13 nitrogen and oxygen atoms in total. The molecule has 0 aliphatic heterocycles. The summed E-state index contributed by atoms with van der Waals surface area (Å²) in [6.07, 6.45) is 0. The molecule has 7 heterocycles. The molecule has 13 heteroatoms. The van der Waals surface area contributed by atoms with Gasteiger partial charge in [0.15, 0.2) is 0 Å². The fourth-order valence-corrected chi connectivity index (χ4v) is 10.1. The van der Waals surface area contributed by atoms with Gasteiger partial charge >= 0.3 is 0 Å². The number of para-hydroxylation sites is 1. The number of nitrogens with zero attached hydrogens (tertiary/aromatic N) is 12. The first kappa shape index (κ1) is 78.3. The number of hydrogen-bond donors (Lipinski definition) is 1. The lowest BCUT2D eigenvalue weighted by Crippen LogP contribution is -2.03. The van der Waals surface area contributed by atoms with Gasteiger partial charge in [-0.05, 0) is 224 Å². The molecular formula is C74H117N13. The van der Waals surface area contributed by atoms with Gasteiger partial charge in [-0.2, -0.15) is 5.10 Å². The normalized spacial score (nSPS) is 10.7. The van der Waals surface area contributed by atoms with Crippen molar-refractivity contribution in [2.75, 3.05) is 0 Å². The van der Waals surface area contributed by atoms with Crippen LogP contribution in [0.15, 0.2) is 24.3 Å². The molecule has 1 aromatic carbocycles. The molecule has 0 atom stereocenters. The summed E-state index contributed by atoms with van der Waals surface area (Å²) < 4.78 is 0. The maximum atomic E-state index is 4.56. The van der Waals surface area contributed by atoms with Crippen LogP contribution in [0.2, 0.25) is 0 Å². The zero-order valence-electron chi connectivity index (χ0n) is 61.2. The lowest BCUT2D eigenvalue weighted by atomic mass is 9.92. The molecule has 1 N–H and O–H groups in total. The van der Waals surface area contributed by atoms with Crippen LogP contribution in [-0.4, -0.2) is 65.0 Å². The quantitative estimate of drug-likeness (QED) is 0.167. The van der Waals surface area contributed by atoms with E-state index in [1.807, 2.05) is 73.6 Å². The van der Waals surface area contributed by atoms with E-state index in [-0.39, 0.29) is 0 Å². The summed E-state index contributed by atoms with van der Waals surface area (Å²) in [5.74, 6) is 9.02. The summed E-state index contributed by atoms with van der Waals surface area (Å²) in [5, 5.41) is 8.23. The van der Waals surface area contributed by atoms with Crippen molar-refractivity contribution in [3.8, 4) is 0 Å². The first-order chi connectivity index (χ1) is 40.2. The Morgan fingerprint density at radius 3 is 1.03 bits per heavy atom. The minimum atomic E-state index is 0.385. The number of nitrogens with one attached hydrogen (secondary N) is 1. The topological polar surface area (TPSA) is 170 Å². The van der Waals surface area contributed by atoms with Gasteiger partial charge in [-0.25, -0.2) is 44.9 Å². The van der Waals surface area contributed by atoms with E-state index < -0.39 is 0 Å². The number of H-pyrrole nitrogens is 1. The Kier molecular flexibility index (Phi) is 32.9. The highest BCUT2D eigenvalue weighted by atomic mass is 15.1. The van der Waals surface area contributed by atoms with Crippen molar-refractivity contribution < 1.29 is 0 Å². The molecule has 0 radical (unpaired) electrons. The average Bonchev–Trinajstić information content (AvgIpc) is 2.15. The van der Waals surface area contributed by atoms with Crippen LogP contribution in [-0.2, 0) is 0 Å². The Balaban J connectivity index is 0.000000502. The summed E-state index contributed by atoms with van der Waals surface area (Å²) in [4.78, 5) is 47.8. The number of benzene rings is 1. The van der Waals surface area contributed by atoms with Crippen LogP contribution in [0.25, 0.3) is 10.9 Å². The van der Waals surface area contributed by atoms with Crippen LogP contribution in [0.3, 0.4) is 0 Å². The minimum Gasteiger partial charge on any atom is -0.282 e. The highest BCUT2D eigenvalue weighted by molar-refractivity contribution is 5.80. The molecule has 0 amide bonds. The van der Waals surface area contributed by atoms with Gasteiger partial charge < -0.3 is 0 Å². The van der Waals surface area contributed by atoms with Gasteiger partial charge in [0.2, 0.25) is 0 Å². The molecule has 0 saturated carbocycles. The zero-order chi connectivity index (χ0) is 67.2. The van der Waals surface area contributed by atoms with E-state index in [1.54, 1.807) is 0 Å². The monoisotopic (exact) mass is 1190 g/mol. The average molecular weight is 1190 g/mol. The number of hydrogen-bond acceptors (Lipinski definition) is 12. The minimum absolute atomic E-state index is 0.385. The van der Waals surface area contributed by atoms with E-state index in [2.05, 4.69) is 258 Å². The van der Waals surface area contributed by atoms with Gasteiger partial charge in [-0.3, -0.25) is 15.1 Å². The summed E-state index contributed by atoms with van der Waals surface area (Å²) in [5.41, 5.74) is 25.7. The maximum absolute atomic E-state index is 4.56. The van der Waals surface area contributed by atoms with Crippen molar-refractivity contribution in [3.63, 3.8) is 0 Å². The predicted molar refractivity (Wildman–Crippen MR) is 370 cm³/mol. The van der Waals surface area contributed by atoms with Crippen LogP contribution < -0.4 is 0 Å². The number of pyridine rings is 2. The highest BCUT2D eigenvalue weighted by Gasteiger charge is 2.15. The predicted octanol–water partition coefficient (Wildman–Crippen LogP) is 19.6. The van der Waals surface area contributed by atoms with Crippen LogP contribution in [0.1, 0.15) is 287 Å². The molecule has 87 heavy (non-hydrogen) atoms. The van der Waals surface area contributed by atoms with Crippen molar-refractivity contribution >= 4 is 10.9 Å². The van der Waals surface area contributed by atoms with Gasteiger partial charge in [0.1, 0.15) is 34.9 Å². The van der Waals surface area contributed by atoms with E-state index in [0.29, 0.717) is 35.5 Å². The summed E-state index contributed by atoms with van der Waals surface area (Å²) in [6.45, 7) is 73.6. The lowest BCUT2D eigenvalue weighted by molar-refractivity contribution is 0.732. The number of aryl methyl sites for hydroxylation is 14. The first-order valence-corrected chi connectivity index (χ1v) is 31.6. The van der Waals surface area contributed by atoms with Crippen molar-refractivity contribution in [2.45, 2.75) is 278 Å². The van der Waals surface area contributed by atoms with E-state index >= 15 is 0 Å². The lowest BCUT2D eigenvalue weighted by Gasteiger charge is -2.16. The molecule has 0 saturated heterocycles. The third-order valence-corrected chi connectivity index (χ3v) is 14.9. The van der Waals surface area contributed by atoms with Crippen molar-refractivity contribution in [2.24, 2.45) is 5.92 Å². The number of rotatable bonds is 6. The second kappa shape index (κ2) is 36.5. The Morgan fingerprint density at radius 1 is 0.276 bits per heavy atom. The van der Waals surface area contributed by atoms with Gasteiger partial charge in [-0.1, -0.05) is 122 Å². The van der Waals surface area contributed by atoms with E-state index in [4.69, 9.17) is 0 Å². The van der Waals surface area contributed by atoms with E-state index in [1.165, 1.54) is 83.9 Å². The summed E-state index contributed by atoms with van der Waals surface area (Å²) in [6, 6.07) is 8.07. The molecule has 0 bridgehead atoms. The second-order valence-corrected chi connectivity index (χ2v) is 25.8. The summed E-state index contributed by atoms with van der Waals surface area (Å²) >= 11 is 0. The molecule has 478 valence electrons. The Bertz CT molecular complexity index is 3340. The van der Waals surface area contributed by atoms with Crippen LogP contribution >= 0.6 is 0 Å². The molecule has 0 aliphatic rings. The molecule has 0 spiro atoms. The molecule has 0 unspecified atom stereocenters. The van der Waals surface area contributed by atoms with Gasteiger partial charge in [0.25, 0.3) is 0 Å². The number of aromatic nitrogens is 13. The standard InChI is InChI=1S/2C12H19N.3C10H16N2.C8H13N3.C8H8N2.C4H10/c1-7(2)12-8(3)10(5)13-11(6)9(12)4;1-7(2)12-9(4)8(3)10(5)13-11(12)6;1-6(2)10-7(3)11-9(5)12-8(10)4;1-6(2)10-7(3)8(4)11-9(5)12-10;1-6(2)10-11-8(4)7(3)9(5)12-10;1-5(2)8-10-6(3)9-7(4)11-8;1-6-7-4-2-3-5-8(7)10-9-6;1-4(2)3/h2*7H,1-6H3;3*6H,1-5H3;5H,1-4H3;2-5H,1H3,(H,9,10);4H,1-3H3. The molecule has 7 aromatic heterocycles. The van der Waals surface area contributed by atoms with Gasteiger partial charge in [-0.15, -0.1) is 0 Å². The SMILES string of the molecule is CC(C)C.Cc1[nH]nc2ccccc12.Cc1nc(C(C)C)nc(C)c1C.Cc1nc(C)c(C(C)C)c(C)c1C.Cc1nc(C)c(C(C)C)c(C)n1.Cc1nc(C)c(C)c(C(C)C)c1C.Cc1nc(C)c(C)c(C(C)C)n1.Cc1nc(C)nc(C(C)C)n1. The third-order valence-electron chi connectivity index (χ3n) is 14.9. The molecular weight excluding hydrogens is 1070 g/mol. The second-order valence-electron chi connectivity index (χ2n) is 25.8. The van der Waals surface area contributed by atoms with E-state index in [0.717, 1.165) is 80.5 Å². The maximum Gasteiger partial charge on any atom is 0.135 e.